The van der Waals surface area contributed by atoms with Crippen molar-refractivity contribution < 1.29 is 4.79 Å². The Morgan fingerprint density at radius 1 is 1.16 bits per heavy atom. The third-order valence-corrected chi connectivity index (χ3v) is 5.59. The summed E-state index contributed by atoms with van der Waals surface area (Å²) < 4.78 is 0. The molecule has 0 aromatic carbocycles. The van der Waals surface area contributed by atoms with E-state index in [9.17, 15) is 4.79 Å². The second kappa shape index (κ2) is 5.43. The third-order valence-electron chi connectivity index (χ3n) is 5.59. The second-order valence-electron chi connectivity index (χ2n) is 6.95. The van der Waals surface area contributed by atoms with Gasteiger partial charge in [-0.25, -0.2) is 0 Å². The van der Waals surface area contributed by atoms with Crippen molar-refractivity contribution in [3.8, 4) is 0 Å². The lowest BCUT2D eigenvalue weighted by Crippen LogP contribution is -2.47. The molecule has 0 spiro atoms. The number of fused-ring (bicyclic) bond motifs is 1. The maximum Gasteiger partial charge on any atom is 0.225 e. The molecule has 1 heterocycles. The van der Waals surface area contributed by atoms with Gasteiger partial charge in [-0.05, 0) is 56.9 Å². The van der Waals surface area contributed by atoms with Crippen LogP contribution in [0.5, 0.6) is 0 Å². The van der Waals surface area contributed by atoms with E-state index in [1.165, 1.54) is 58.2 Å². The molecule has 0 aromatic rings. The van der Waals surface area contributed by atoms with Crippen LogP contribution >= 0.6 is 0 Å². The standard InChI is InChI=1S/C16H28N2O/c1-3-6-18-7-4-15(5-8-18)17(2)16(19)14-10-12-9-13(12)11-14/h12-15H,3-11H2,1-2H3. The van der Waals surface area contributed by atoms with Crippen LogP contribution in [0.25, 0.3) is 0 Å². The molecule has 1 amide bonds. The summed E-state index contributed by atoms with van der Waals surface area (Å²) in [5.74, 6) is 2.63. The summed E-state index contributed by atoms with van der Waals surface area (Å²) in [5, 5.41) is 0. The average Bonchev–Trinajstić information content (AvgIpc) is 3.05. The van der Waals surface area contributed by atoms with Crippen molar-refractivity contribution in [1.82, 2.24) is 9.80 Å². The lowest BCUT2D eigenvalue weighted by Gasteiger charge is -2.37. The van der Waals surface area contributed by atoms with Gasteiger partial charge in [0, 0.05) is 32.1 Å². The van der Waals surface area contributed by atoms with Gasteiger partial charge >= 0.3 is 0 Å². The Kier molecular flexibility index (Phi) is 3.84. The van der Waals surface area contributed by atoms with E-state index >= 15 is 0 Å². The normalized spacial score (nSPS) is 35.2. The van der Waals surface area contributed by atoms with Gasteiger partial charge in [0.2, 0.25) is 5.91 Å². The molecule has 1 aliphatic heterocycles. The van der Waals surface area contributed by atoms with Crippen LogP contribution in [0.2, 0.25) is 0 Å². The highest BCUT2D eigenvalue weighted by Gasteiger charge is 2.48. The summed E-state index contributed by atoms with van der Waals surface area (Å²) in [7, 11) is 2.05. The minimum absolute atomic E-state index is 0.363. The summed E-state index contributed by atoms with van der Waals surface area (Å²) in [6.07, 6.45) is 7.35. The van der Waals surface area contributed by atoms with Gasteiger partial charge in [0.05, 0.1) is 0 Å². The summed E-state index contributed by atoms with van der Waals surface area (Å²) in [4.78, 5) is 17.2. The van der Waals surface area contributed by atoms with Crippen LogP contribution in [0, 0.1) is 17.8 Å². The van der Waals surface area contributed by atoms with Crippen molar-refractivity contribution in [2.75, 3.05) is 26.7 Å². The van der Waals surface area contributed by atoms with Crippen LogP contribution in [0.15, 0.2) is 0 Å². The predicted octanol–water partition coefficient (Wildman–Crippen LogP) is 2.37. The summed E-state index contributed by atoms with van der Waals surface area (Å²) >= 11 is 0. The Labute approximate surface area is 117 Å². The molecule has 19 heavy (non-hydrogen) atoms. The molecule has 3 aliphatic rings. The van der Waals surface area contributed by atoms with Gasteiger partial charge in [0.15, 0.2) is 0 Å². The minimum Gasteiger partial charge on any atom is -0.342 e. The zero-order valence-corrected chi connectivity index (χ0v) is 12.5. The Morgan fingerprint density at radius 2 is 1.79 bits per heavy atom. The maximum absolute atomic E-state index is 12.5. The number of carbonyl (C=O) groups excluding carboxylic acids is 1. The van der Waals surface area contributed by atoms with E-state index in [-0.39, 0.29) is 0 Å². The molecule has 2 saturated carbocycles. The first-order valence-electron chi connectivity index (χ1n) is 8.18. The van der Waals surface area contributed by atoms with Crippen LogP contribution in [-0.2, 0) is 4.79 Å². The van der Waals surface area contributed by atoms with Gasteiger partial charge in [-0.15, -0.1) is 0 Å². The fraction of sp³-hybridized carbons (Fsp3) is 0.938. The van der Waals surface area contributed by atoms with Crippen molar-refractivity contribution in [3.05, 3.63) is 0 Å². The van der Waals surface area contributed by atoms with Crippen molar-refractivity contribution in [3.63, 3.8) is 0 Å². The van der Waals surface area contributed by atoms with E-state index in [0.29, 0.717) is 17.9 Å². The van der Waals surface area contributed by atoms with Crippen LogP contribution < -0.4 is 0 Å². The number of likely N-dealkylation sites (tertiary alicyclic amines) is 1. The monoisotopic (exact) mass is 264 g/mol. The number of hydrogen-bond acceptors (Lipinski definition) is 2. The molecule has 0 aromatic heterocycles. The van der Waals surface area contributed by atoms with Crippen molar-refractivity contribution in [2.24, 2.45) is 17.8 Å². The van der Waals surface area contributed by atoms with E-state index in [2.05, 4.69) is 16.7 Å². The maximum atomic E-state index is 12.5. The number of carbonyl (C=O) groups is 1. The van der Waals surface area contributed by atoms with Crippen LogP contribution in [0.4, 0.5) is 0 Å². The molecule has 0 N–H and O–H groups in total. The molecular formula is C16H28N2O. The smallest absolute Gasteiger partial charge is 0.225 e. The second-order valence-corrected chi connectivity index (χ2v) is 6.95. The number of amides is 1. The number of hydrogen-bond donors (Lipinski definition) is 0. The SMILES string of the molecule is CCCN1CCC(N(C)C(=O)C2CC3CC3C2)CC1. The molecule has 3 nitrogen and oxygen atoms in total. The molecule has 3 heteroatoms. The minimum atomic E-state index is 0.363. The van der Waals surface area contributed by atoms with Gasteiger partial charge < -0.3 is 9.80 Å². The molecule has 2 atom stereocenters. The topological polar surface area (TPSA) is 23.6 Å². The third kappa shape index (κ3) is 2.81. The van der Waals surface area contributed by atoms with Gasteiger partial charge in [0.25, 0.3) is 0 Å². The first-order valence-corrected chi connectivity index (χ1v) is 8.18. The molecule has 108 valence electrons. The molecule has 3 fully saturated rings. The molecule has 0 radical (unpaired) electrons. The highest BCUT2D eigenvalue weighted by molar-refractivity contribution is 5.79. The Hall–Kier alpha value is -0.570. The van der Waals surface area contributed by atoms with Crippen LogP contribution in [-0.4, -0.2) is 48.4 Å². The van der Waals surface area contributed by atoms with Gasteiger partial charge in [-0.2, -0.15) is 0 Å². The quantitative estimate of drug-likeness (QED) is 0.778. The molecule has 1 saturated heterocycles. The highest BCUT2D eigenvalue weighted by atomic mass is 16.2. The fourth-order valence-electron chi connectivity index (χ4n) is 4.23. The fourth-order valence-corrected chi connectivity index (χ4v) is 4.23. The van der Waals surface area contributed by atoms with Crippen molar-refractivity contribution in [2.45, 2.75) is 51.5 Å². The van der Waals surface area contributed by atoms with Crippen LogP contribution in [0.3, 0.4) is 0 Å². The molecule has 2 unspecified atom stereocenters. The summed E-state index contributed by atoms with van der Waals surface area (Å²) in [5.41, 5.74) is 0. The Morgan fingerprint density at radius 3 is 2.37 bits per heavy atom. The Balaban J connectivity index is 1.47. The van der Waals surface area contributed by atoms with Gasteiger partial charge in [-0.1, -0.05) is 6.92 Å². The summed E-state index contributed by atoms with van der Waals surface area (Å²) in [6.45, 7) is 5.81. The zero-order chi connectivity index (χ0) is 13.4. The van der Waals surface area contributed by atoms with Gasteiger partial charge in [0.1, 0.15) is 0 Å². The Bertz CT molecular complexity index is 326. The number of rotatable bonds is 4. The lowest BCUT2D eigenvalue weighted by atomic mass is 9.98. The number of piperidine rings is 1. The first kappa shape index (κ1) is 13.4. The molecule has 3 rings (SSSR count). The lowest BCUT2D eigenvalue weighted by molar-refractivity contribution is -0.137. The highest BCUT2D eigenvalue weighted by Crippen LogP contribution is 2.54. The van der Waals surface area contributed by atoms with E-state index in [1.807, 2.05) is 7.05 Å². The van der Waals surface area contributed by atoms with Crippen molar-refractivity contribution >= 4 is 5.91 Å². The van der Waals surface area contributed by atoms with Crippen LogP contribution in [0.1, 0.15) is 45.4 Å². The number of nitrogens with zero attached hydrogens (tertiary/aromatic N) is 2. The molecule has 2 aliphatic carbocycles. The predicted molar refractivity (Wildman–Crippen MR) is 76.8 cm³/mol. The summed E-state index contributed by atoms with van der Waals surface area (Å²) in [6, 6.07) is 0.498. The van der Waals surface area contributed by atoms with E-state index in [1.54, 1.807) is 0 Å². The zero-order valence-electron chi connectivity index (χ0n) is 12.5. The molecule has 0 bridgehead atoms. The van der Waals surface area contributed by atoms with Crippen molar-refractivity contribution in [1.29, 1.82) is 0 Å². The van der Waals surface area contributed by atoms with E-state index in [0.717, 1.165) is 11.8 Å². The van der Waals surface area contributed by atoms with Gasteiger partial charge in [-0.3, -0.25) is 4.79 Å². The molecular weight excluding hydrogens is 236 g/mol. The van der Waals surface area contributed by atoms with E-state index < -0.39 is 0 Å². The largest absolute Gasteiger partial charge is 0.342 e. The average molecular weight is 264 g/mol. The van der Waals surface area contributed by atoms with E-state index in [4.69, 9.17) is 0 Å². The first-order chi connectivity index (χ1) is 9.19.